The molecule has 1 unspecified atom stereocenters. The maximum Gasteiger partial charge on any atom is 0.0991 e. The Balaban J connectivity index is 1.78. The Bertz CT molecular complexity index is 520. The summed E-state index contributed by atoms with van der Waals surface area (Å²) < 4.78 is 0. The highest BCUT2D eigenvalue weighted by molar-refractivity contribution is 6.57. The lowest BCUT2D eigenvalue weighted by Crippen LogP contribution is -2.20. The van der Waals surface area contributed by atoms with Crippen LogP contribution in [0.3, 0.4) is 0 Å². The lowest BCUT2D eigenvalue weighted by atomic mass is 9.77. The standard InChI is InChI=1S/C23H37NSi/c1-4-5-6-7-8-23(25(2)3)17-19-9-13-21(14-10-19)22-15-11-20(18-24)12-16-22/h11-12,15-16,19,21,23,25H,4-10,13-14,17H2,1-3H3. The Hall–Kier alpha value is -1.07. The van der Waals surface area contributed by atoms with E-state index in [2.05, 4.69) is 38.2 Å². The van der Waals surface area contributed by atoms with Crippen LogP contribution in [0, 0.1) is 17.2 Å². The van der Waals surface area contributed by atoms with Crippen LogP contribution in [0.1, 0.15) is 88.2 Å². The fourth-order valence-corrected chi connectivity index (χ4v) is 6.38. The second kappa shape index (κ2) is 10.8. The van der Waals surface area contributed by atoms with Crippen molar-refractivity contribution in [1.29, 1.82) is 5.26 Å². The van der Waals surface area contributed by atoms with E-state index < -0.39 is 8.80 Å². The van der Waals surface area contributed by atoms with Gasteiger partial charge in [-0.3, -0.25) is 0 Å². The highest BCUT2D eigenvalue weighted by Crippen LogP contribution is 2.40. The van der Waals surface area contributed by atoms with Crippen molar-refractivity contribution in [3.05, 3.63) is 35.4 Å². The summed E-state index contributed by atoms with van der Waals surface area (Å²) in [5.41, 5.74) is 3.30. The molecule has 0 N–H and O–H groups in total. The zero-order chi connectivity index (χ0) is 18.1. The summed E-state index contributed by atoms with van der Waals surface area (Å²) in [4.78, 5) is 0. The van der Waals surface area contributed by atoms with Crippen LogP contribution < -0.4 is 0 Å². The second-order valence-corrected chi connectivity index (χ2v) is 12.0. The molecule has 0 amide bonds. The summed E-state index contributed by atoms with van der Waals surface area (Å²) in [7, 11) is -0.523. The zero-order valence-electron chi connectivity index (χ0n) is 16.6. The van der Waals surface area contributed by atoms with Gasteiger partial charge in [-0.25, -0.2) is 0 Å². The van der Waals surface area contributed by atoms with E-state index in [9.17, 15) is 0 Å². The van der Waals surface area contributed by atoms with Gasteiger partial charge in [-0.05, 0) is 60.8 Å². The van der Waals surface area contributed by atoms with E-state index in [4.69, 9.17) is 5.26 Å². The van der Waals surface area contributed by atoms with Gasteiger partial charge in [0.05, 0.1) is 11.6 Å². The van der Waals surface area contributed by atoms with Gasteiger partial charge in [0.1, 0.15) is 0 Å². The fraction of sp³-hybridized carbons (Fsp3) is 0.696. The summed E-state index contributed by atoms with van der Waals surface area (Å²) in [5.74, 6) is 1.70. The number of benzene rings is 1. The Morgan fingerprint density at radius 1 is 1.04 bits per heavy atom. The van der Waals surface area contributed by atoms with E-state index in [1.807, 2.05) is 12.1 Å². The van der Waals surface area contributed by atoms with Gasteiger partial charge < -0.3 is 0 Å². The first-order valence-electron chi connectivity index (χ1n) is 10.6. The molecule has 1 fully saturated rings. The third-order valence-electron chi connectivity index (χ3n) is 6.37. The maximum absolute atomic E-state index is 8.95. The van der Waals surface area contributed by atoms with E-state index >= 15 is 0 Å². The van der Waals surface area contributed by atoms with Crippen molar-refractivity contribution in [3.63, 3.8) is 0 Å². The first-order valence-corrected chi connectivity index (χ1v) is 13.6. The molecule has 0 aromatic heterocycles. The van der Waals surface area contributed by atoms with Gasteiger partial charge >= 0.3 is 0 Å². The van der Waals surface area contributed by atoms with E-state index in [-0.39, 0.29) is 0 Å². The molecule has 138 valence electrons. The molecule has 0 saturated heterocycles. The molecule has 0 bridgehead atoms. The number of nitrogens with zero attached hydrogens (tertiary/aromatic N) is 1. The molecule has 1 saturated carbocycles. The lowest BCUT2D eigenvalue weighted by molar-refractivity contribution is 0.300. The second-order valence-electron chi connectivity index (χ2n) is 8.54. The normalized spacial score (nSPS) is 21.9. The highest BCUT2D eigenvalue weighted by Gasteiger charge is 2.26. The highest BCUT2D eigenvalue weighted by atomic mass is 28.3. The van der Waals surface area contributed by atoms with Gasteiger partial charge in [-0.2, -0.15) is 5.26 Å². The van der Waals surface area contributed by atoms with Crippen LogP contribution in [0.2, 0.25) is 18.6 Å². The van der Waals surface area contributed by atoms with E-state index in [0.29, 0.717) is 0 Å². The minimum absolute atomic E-state index is 0.523. The van der Waals surface area contributed by atoms with Crippen molar-refractivity contribution in [2.24, 2.45) is 5.92 Å². The summed E-state index contributed by atoms with van der Waals surface area (Å²) in [5, 5.41) is 8.95. The average Bonchev–Trinajstić information content (AvgIpc) is 2.64. The maximum atomic E-state index is 8.95. The topological polar surface area (TPSA) is 23.8 Å². The summed E-state index contributed by atoms with van der Waals surface area (Å²) in [6, 6.07) is 10.6. The van der Waals surface area contributed by atoms with Gasteiger partial charge in [0, 0.05) is 8.80 Å². The van der Waals surface area contributed by atoms with Crippen molar-refractivity contribution in [1.82, 2.24) is 0 Å². The third-order valence-corrected chi connectivity index (χ3v) is 8.86. The number of nitriles is 1. The van der Waals surface area contributed by atoms with E-state index in [1.54, 1.807) is 0 Å². The molecule has 1 aliphatic carbocycles. The van der Waals surface area contributed by atoms with Gasteiger partial charge in [0.25, 0.3) is 0 Å². The van der Waals surface area contributed by atoms with Crippen molar-refractivity contribution < 1.29 is 0 Å². The average molecular weight is 356 g/mol. The molecule has 0 heterocycles. The lowest BCUT2D eigenvalue weighted by Gasteiger charge is -2.32. The molecule has 1 aliphatic rings. The number of hydrogen-bond donors (Lipinski definition) is 0. The predicted octanol–water partition coefficient (Wildman–Crippen LogP) is 7.05. The Morgan fingerprint density at radius 3 is 2.28 bits per heavy atom. The molecule has 1 aromatic carbocycles. The Labute approximate surface area is 157 Å². The smallest absolute Gasteiger partial charge is 0.0991 e. The molecule has 1 nitrogen and oxygen atoms in total. The van der Waals surface area contributed by atoms with Gasteiger partial charge in [0.15, 0.2) is 0 Å². The Morgan fingerprint density at radius 2 is 1.72 bits per heavy atom. The monoisotopic (exact) mass is 355 g/mol. The van der Waals surface area contributed by atoms with Crippen LogP contribution in [-0.2, 0) is 0 Å². The number of rotatable bonds is 9. The molecule has 0 spiro atoms. The van der Waals surface area contributed by atoms with Crippen LogP contribution in [0.4, 0.5) is 0 Å². The molecule has 1 aromatic rings. The quantitative estimate of drug-likeness (QED) is 0.344. The van der Waals surface area contributed by atoms with Crippen LogP contribution in [0.25, 0.3) is 0 Å². The number of hydrogen-bond acceptors (Lipinski definition) is 1. The van der Waals surface area contributed by atoms with Crippen LogP contribution in [0.15, 0.2) is 24.3 Å². The fourth-order valence-electron chi connectivity index (χ4n) is 4.55. The van der Waals surface area contributed by atoms with E-state index in [1.165, 1.54) is 69.8 Å². The molecule has 2 heteroatoms. The molecule has 2 rings (SSSR count). The van der Waals surface area contributed by atoms with E-state index in [0.717, 1.165) is 22.9 Å². The molecular formula is C23H37NSi. The third kappa shape index (κ3) is 6.63. The van der Waals surface area contributed by atoms with Crippen molar-refractivity contribution in [2.75, 3.05) is 0 Å². The minimum Gasteiger partial charge on any atom is -0.192 e. The van der Waals surface area contributed by atoms with Crippen LogP contribution >= 0.6 is 0 Å². The largest absolute Gasteiger partial charge is 0.192 e. The van der Waals surface area contributed by atoms with Gasteiger partial charge in [-0.15, -0.1) is 0 Å². The predicted molar refractivity (Wildman–Crippen MR) is 112 cm³/mol. The molecule has 0 radical (unpaired) electrons. The molecule has 25 heavy (non-hydrogen) atoms. The SMILES string of the molecule is CCCCCCC(CC1CCC(c2ccc(C#N)cc2)CC1)[SiH](C)C. The molecular weight excluding hydrogens is 318 g/mol. The van der Waals surface area contributed by atoms with Crippen molar-refractivity contribution >= 4 is 8.80 Å². The van der Waals surface area contributed by atoms with Crippen LogP contribution in [-0.4, -0.2) is 8.80 Å². The van der Waals surface area contributed by atoms with Crippen molar-refractivity contribution in [3.8, 4) is 6.07 Å². The summed E-state index contributed by atoms with van der Waals surface area (Å²) in [6.45, 7) is 7.43. The minimum atomic E-state index is -0.523. The zero-order valence-corrected chi connectivity index (χ0v) is 17.8. The number of unbranched alkanes of at least 4 members (excludes halogenated alkanes) is 3. The van der Waals surface area contributed by atoms with Crippen molar-refractivity contribution in [2.45, 2.75) is 95.7 Å². The van der Waals surface area contributed by atoms with Crippen LogP contribution in [0.5, 0.6) is 0 Å². The first-order chi connectivity index (χ1) is 12.1. The first kappa shape index (κ1) is 20.2. The van der Waals surface area contributed by atoms with Gasteiger partial charge in [0.2, 0.25) is 0 Å². The Kier molecular flexibility index (Phi) is 8.76. The molecule has 0 aliphatic heterocycles. The van der Waals surface area contributed by atoms with Gasteiger partial charge in [-0.1, -0.05) is 70.7 Å². The summed E-state index contributed by atoms with van der Waals surface area (Å²) in [6.07, 6.45) is 14.2. The molecule has 1 atom stereocenters. The summed E-state index contributed by atoms with van der Waals surface area (Å²) >= 11 is 0.